The molecule has 0 saturated heterocycles. The van der Waals surface area contributed by atoms with Crippen molar-refractivity contribution in [3.8, 4) is 0 Å². The topological polar surface area (TPSA) is 27.7 Å². The molecule has 87 valence electrons. The number of halogens is 1. The van der Waals surface area contributed by atoms with E-state index in [0.29, 0.717) is 0 Å². The van der Waals surface area contributed by atoms with Crippen molar-refractivity contribution in [1.29, 1.82) is 0 Å². The summed E-state index contributed by atoms with van der Waals surface area (Å²) in [5.74, 6) is 0. The van der Waals surface area contributed by atoms with Crippen LogP contribution in [0.4, 0.5) is 4.70 Å². The van der Waals surface area contributed by atoms with Crippen LogP contribution in [-0.2, 0) is 31.5 Å². The molecule has 0 aliphatic carbocycles. The van der Waals surface area contributed by atoms with Gasteiger partial charge in [0.05, 0.1) is 0 Å². The molecule has 0 saturated carbocycles. The SMILES string of the molecule is CC(C)[O][Zr]([O]C(C)C)[O]C(C)C.F. The van der Waals surface area contributed by atoms with Crippen LogP contribution in [0.2, 0.25) is 0 Å². The van der Waals surface area contributed by atoms with E-state index in [1.54, 1.807) is 0 Å². The molecule has 0 bridgehead atoms. The summed E-state index contributed by atoms with van der Waals surface area (Å²) in [6, 6.07) is 0. The Hall–Kier alpha value is 0.693. The van der Waals surface area contributed by atoms with Crippen molar-refractivity contribution in [2.45, 2.75) is 59.9 Å². The molecule has 5 heteroatoms. The van der Waals surface area contributed by atoms with E-state index in [2.05, 4.69) is 0 Å². The molecule has 0 spiro atoms. The molecule has 0 aromatic rings. The summed E-state index contributed by atoms with van der Waals surface area (Å²) in [5.41, 5.74) is 0. The number of hydrogen-bond donors (Lipinski definition) is 0. The van der Waals surface area contributed by atoms with Crippen LogP contribution in [0.3, 0.4) is 0 Å². The summed E-state index contributed by atoms with van der Waals surface area (Å²) in [6.45, 7) is 12.0. The summed E-state index contributed by atoms with van der Waals surface area (Å²) in [7, 11) is 0. The van der Waals surface area contributed by atoms with Crippen LogP contribution in [0, 0.1) is 0 Å². The summed E-state index contributed by atoms with van der Waals surface area (Å²) in [5, 5.41) is 0. The van der Waals surface area contributed by atoms with E-state index in [0.717, 1.165) is 0 Å². The van der Waals surface area contributed by atoms with Gasteiger partial charge in [-0.25, -0.2) is 0 Å². The van der Waals surface area contributed by atoms with E-state index < -0.39 is 23.1 Å². The third kappa shape index (κ3) is 10.8. The monoisotopic (exact) mass is 287 g/mol. The second-order valence-electron chi connectivity index (χ2n) is 3.75. The van der Waals surface area contributed by atoms with E-state index in [9.17, 15) is 0 Å². The first-order valence-corrected chi connectivity index (χ1v) is 7.79. The van der Waals surface area contributed by atoms with Gasteiger partial charge >= 0.3 is 91.4 Å². The van der Waals surface area contributed by atoms with Gasteiger partial charge in [0, 0.05) is 0 Å². The molecule has 0 aromatic heterocycles. The Morgan fingerprint density at radius 3 is 1.00 bits per heavy atom. The minimum atomic E-state index is -2.48. The number of hydrogen-bond acceptors (Lipinski definition) is 3. The minimum absolute atomic E-state index is 0. The van der Waals surface area contributed by atoms with E-state index in [1.165, 1.54) is 0 Å². The van der Waals surface area contributed by atoms with Gasteiger partial charge in [0.2, 0.25) is 0 Å². The molecule has 0 N–H and O–H groups in total. The molecule has 0 aromatic carbocycles. The Balaban J connectivity index is 0. The van der Waals surface area contributed by atoms with E-state index >= 15 is 0 Å². The van der Waals surface area contributed by atoms with Gasteiger partial charge in [0.15, 0.2) is 0 Å². The van der Waals surface area contributed by atoms with Crippen LogP contribution in [-0.4, -0.2) is 18.3 Å². The van der Waals surface area contributed by atoms with E-state index in [1.807, 2.05) is 41.5 Å². The number of rotatable bonds is 6. The Bertz CT molecular complexity index is 107. The molecule has 3 nitrogen and oxygen atoms in total. The maximum Gasteiger partial charge on any atom is -0.269 e. The summed E-state index contributed by atoms with van der Waals surface area (Å²) < 4.78 is 16.9. The average Bonchev–Trinajstić information content (AvgIpc) is 1.80. The van der Waals surface area contributed by atoms with Crippen LogP contribution in [0.1, 0.15) is 41.5 Å². The Kier molecular flexibility index (Phi) is 10.9. The zero-order valence-electron chi connectivity index (χ0n) is 9.87. The predicted molar refractivity (Wildman–Crippen MR) is 51.2 cm³/mol. The fourth-order valence-corrected chi connectivity index (χ4v) is 3.91. The predicted octanol–water partition coefficient (Wildman–Crippen LogP) is 2.78. The fraction of sp³-hybridized carbons (Fsp3) is 1.00. The first kappa shape index (κ1) is 17.1. The minimum Gasteiger partial charge on any atom is -0.269 e. The standard InChI is InChI=1S/3C3H7O.FH.Zr/c3*1-3(2)4;;/h3*3H,1-2H3;1H;/q3*-1;;+3. The van der Waals surface area contributed by atoms with Gasteiger partial charge in [-0.15, -0.1) is 0 Å². The van der Waals surface area contributed by atoms with Crippen LogP contribution >= 0.6 is 0 Å². The molecule has 0 radical (unpaired) electrons. The third-order valence-corrected chi connectivity index (χ3v) is 5.89. The average molecular weight is 288 g/mol. The fourth-order valence-electron chi connectivity index (χ4n) is 0.661. The summed E-state index contributed by atoms with van der Waals surface area (Å²) in [6.07, 6.45) is 0.602. The second-order valence-corrected chi connectivity index (χ2v) is 6.72. The molecule has 0 unspecified atom stereocenters. The Labute approximate surface area is 96.0 Å². The molecule has 0 atom stereocenters. The van der Waals surface area contributed by atoms with Crippen LogP contribution in [0.15, 0.2) is 0 Å². The maximum atomic E-state index is 5.62. The van der Waals surface area contributed by atoms with Gasteiger partial charge in [-0.3, -0.25) is 4.70 Å². The van der Waals surface area contributed by atoms with Crippen molar-refractivity contribution in [3.63, 3.8) is 0 Å². The maximum absolute atomic E-state index is 5.62. The molecule has 0 amide bonds. The molecule has 0 rings (SSSR count). The van der Waals surface area contributed by atoms with Crippen LogP contribution in [0.25, 0.3) is 0 Å². The second kappa shape index (κ2) is 8.96. The zero-order valence-corrected chi connectivity index (χ0v) is 12.3. The van der Waals surface area contributed by atoms with Crippen LogP contribution in [0.5, 0.6) is 0 Å². The van der Waals surface area contributed by atoms with Gasteiger partial charge < -0.3 is 0 Å². The van der Waals surface area contributed by atoms with Crippen molar-refractivity contribution < 1.29 is 36.2 Å². The molecule has 0 fully saturated rings. The molecular formula is C9H22FO3Zr. The van der Waals surface area contributed by atoms with Crippen molar-refractivity contribution in [2.75, 3.05) is 0 Å². The first-order chi connectivity index (χ1) is 5.91. The van der Waals surface area contributed by atoms with Crippen molar-refractivity contribution >= 4 is 0 Å². The molecule has 0 heterocycles. The van der Waals surface area contributed by atoms with Gasteiger partial charge in [-0.2, -0.15) is 0 Å². The van der Waals surface area contributed by atoms with Gasteiger partial charge in [-0.05, 0) is 0 Å². The molecule has 0 aliphatic rings. The largest absolute Gasteiger partial charge is 0.269 e. The molecular weight excluding hydrogens is 266 g/mol. The normalized spacial score (nSPS) is 10.9. The van der Waals surface area contributed by atoms with E-state index in [-0.39, 0.29) is 23.0 Å². The Morgan fingerprint density at radius 2 is 0.857 bits per heavy atom. The summed E-state index contributed by atoms with van der Waals surface area (Å²) in [4.78, 5) is 0. The van der Waals surface area contributed by atoms with Gasteiger partial charge in [0.25, 0.3) is 0 Å². The van der Waals surface area contributed by atoms with Crippen LogP contribution < -0.4 is 0 Å². The van der Waals surface area contributed by atoms with Crippen molar-refractivity contribution in [2.24, 2.45) is 0 Å². The van der Waals surface area contributed by atoms with Crippen molar-refractivity contribution in [3.05, 3.63) is 0 Å². The quantitative estimate of drug-likeness (QED) is 0.752. The summed E-state index contributed by atoms with van der Waals surface area (Å²) >= 11 is -2.48. The van der Waals surface area contributed by atoms with Gasteiger partial charge in [-0.1, -0.05) is 0 Å². The smallest absolute Gasteiger partial charge is 0.269 e. The van der Waals surface area contributed by atoms with Crippen molar-refractivity contribution in [1.82, 2.24) is 0 Å². The Morgan fingerprint density at radius 1 is 0.643 bits per heavy atom. The zero-order chi connectivity index (χ0) is 10.4. The molecule has 0 aliphatic heterocycles. The first-order valence-electron chi connectivity index (χ1n) is 4.78. The van der Waals surface area contributed by atoms with Gasteiger partial charge in [0.1, 0.15) is 0 Å². The molecule has 14 heavy (non-hydrogen) atoms. The van der Waals surface area contributed by atoms with E-state index in [4.69, 9.17) is 8.44 Å². The third-order valence-electron chi connectivity index (χ3n) is 0.996.